The molecule has 0 unspecified atom stereocenters. The first-order valence-electron chi connectivity index (χ1n) is 13.1. The van der Waals surface area contributed by atoms with Crippen molar-refractivity contribution in [3.63, 3.8) is 0 Å². The summed E-state index contributed by atoms with van der Waals surface area (Å²) < 4.78 is 5.10. The Morgan fingerprint density at radius 3 is 2.45 bits per heavy atom. The number of ether oxygens (including phenoxy) is 1. The number of carbonyl (C=O) groups is 5. The molecule has 11 nitrogen and oxygen atoms in total. The highest BCUT2D eigenvalue weighted by Crippen LogP contribution is 2.40. The predicted octanol–water partition coefficient (Wildman–Crippen LogP) is 4.73. The topological polar surface area (TPSA) is 153 Å². The molecule has 1 fully saturated rings. The van der Waals surface area contributed by atoms with Crippen LogP contribution in [0.15, 0.2) is 84.4 Å². The van der Waals surface area contributed by atoms with Crippen LogP contribution >= 0.6 is 0 Å². The summed E-state index contributed by atoms with van der Waals surface area (Å²) in [5.74, 6) is -3.63. The maximum Gasteiger partial charge on any atom is 0.338 e. The number of non-ortho nitro benzene ring substituents is 1. The number of benzene rings is 3. The Balaban J connectivity index is 1.28. The molecule has 3 aromatic carbocycles. The van der Waals surface area contributed by atoms with Gasteiger partial charge in [-0.1, -0.05) is 42.0 Å². The van der Waals surface area contributed by atoms with Gasteiger partial charge in [-0.25, -0.2) is 9.69 Å². The molecule has 212 valence electrons. The smallest absolute Gasteiger partial charge is 0.338 e. The molecule has 2 atom stereocenters. The lowest BCUT2D eigenvalue weighted by molar-refractivity contribution is -0.384. The normalized spacial score (nSPS) is 17.7. The number of ketones is 1. The van der Waals surface area contributed by atoms with Gasteiger partial charge < -0.3 is 10.1 Å². The second-order valence-corrected chi connectivity index (χ2v) is 10.1. The van der Waals surface area contributed by atoms with E-state index in [4.69, 9.17) is 4.74 Å². The Kier molecular flexibility index (Phi) is 7.74. The third-order valence-electron chi connectivity index (χ3n) is 7.28. The Bertz CT molecular complexity index is 1680. The number of para-hydroxylation sites is 1. The van der Waals surface area contributed by atoms with E-state index in [1.165, 1.54) is 42.5 Å². The van der Waals surface area contributed by atoms with Crippen LogP contribution in [0.5, 0.6) is 0 Å². The monoisotopic (exact) mass is 567 g/mol. The summed E-state index contributed by atoms with van der Waals surface area (Å²) in [6.45, 7) is 1.29. The van der Waals surface area contributed by atoms with Gasteiger partial charge in [-0.3, -0.25) is 29.3 Å². The summed E-state index contributed by atoms with van der Waals surface area (Å²) in [4.78, 5) is 76.2. The SMILES string of the molecule is CC1=CC[C@H]2C(=O)N(c3ccccc3C(=O)Nc3cccc(C(=O)OCC(=O)c4cccc([N+](=O)[O-])c4)c3)C(=O)[C@@H]2C1. The van der Waals surface area contributed by atoms with E-state index in [2.05, 4.69) is 5.32 Å². The first kappa shape index (κ1) is 28.1. The van der Waals surface area contributed by atoms with Gasteiger partial charge >= 0.3 is 5.97 Å². The van der Waals surface area contributed by atoms with Crippen molar-refractivity contribution in [1.82, 2.24) is 0 Å². The number of nitrogens with one attached hydrogen (secondary N) is 1. The largest absolute Gasteiger partial charge is 0.454 e. The van der Waals surface area contributed by atoms with Gasteiger partial charge in [0.05, 0.1) is 33.6 Å². The molecular weight excluding hydrogens is 542 g/mol. The lowest BCUT2D eigenvalue weighted by atomic mass is 9.82. The van der Waals surface area contributed by atoms with Crippen molar-refractivity contribution in [1.29, 1.82) is 0 Å². The zero-order valence-electron chi connectivity index (χ0n) is 22.4. The van der Waals surface area contributed by atoms with Gasteiger partial charge in [0.2, 0.25) is 17.6 Å². The molecule has 0 spiro atoms. The summed E-state index contributed by atoms with van der Waals surface area (Å²) in [5.41, 5.74) is 1.40. The molecule has 2 aliphatic rings. The molecule has 1 heterocycles. The van der Waals surface area contributed by atoms with Crippen molar-refractivity contribution in [2.45, 2.75) is 19.8 Å². The number of amides is 3. The van der Waals surface area contributed by atoms with Crippen LogP contribution in [-0.2, 0) is 14.3 Å². The molecule has 1 aliphatic carbocycles. The molecule has 5 rings (SSSR count). The van der Waals surface area contributed by atoms with E-state index in [9.17, 15) is 34.1 Å². The summed E-state index contributed by atoms with van der Waals surface area (Å²) in [6.07, 6.45) is 2.95. The number of nitro groups is 1. The van der Waals surface area contributed by atoms with Crippen molar-refractivity contribution >= 4 is 46.5 Å². The maximum atomic E-state index is 13.3. The maximum absolute atomic E-state index is 13.3. The minimum Gasteiger partial charge on any atom is -0.454 e. The van der Waals surface area contributed by atoms with E-state index < -0.39 is 41.0 Å². The van der Waals surface area contributed by atoms with Crippen LogP contribution in [-0.4, -0.2) is 41.0 Å². The molecule has 3 aromatic rings. The van der Waals surface area contributed by atoms with Gasteiger partial charge in [-0.15, -0.1) is 0 Å². The van der Waals surface area contributed by atoms with Crippen LogP contribution in [0, 0.1) is 22.0 Å². The fraction of sp³-hybridized carbons (Fsp3) is 0.194. The Labute approximate surface area is 239 Å². The first-order valence-corrected chi connectivity index (χ1v) is 13.1. The molecule has 1 saturated heterocycles. The van der Waals surface area contributed by atoms with Crippen LogP contribution in [0.3, 0.4) is 0 Å². The molecule has 0 saturated carbocycles. The average molecular weight is 568 g/mol. The number of hydrogen-bond acceptors (Lipinski definition) is 8. The molecule has 0 radical (unpaired) electrons. The number of carbonyl (C=O) groups excluding carboxylic acids is 5. The highest BCUT2D eigenvalue weighted by atomic mass is 16.6. The van der Waals surface area contributed by atoms with E-state index in [1.807, 2.05) is 13.0 Å². The highest BCUT2D eigenvalue weighted by molar-refractivity contribution is 6.25. The van der Waals surface area contributed by atoms with E-state index >= 15 is 0 Å². The van der Waals surface area contributed by atoms with Crippen LogP contribution in [0.1, 0.15) is 50.8 Å². The van der Waals surface area contributed by atoms with Gasteiger partial charge in [0.25, 0.3) is 11.6 Å². The number of imide groups is 1. The van der Waals surface area contributed by atoms with Gasteiger partial charge in [0.15, 0.2) is 6.61 Å². The van der Waals surface area contributed by atoms with E-state index in [-0.39, 0.29) is 45.6 Å². The summed E-state index contributed by atoms with van der Waals surface area (Å²) in [7, 11) is 0. The minimum atomic E-state index is -0.843. The molecular formula is C31H25N3O8. The lowest BCUT2D eigenvalue weighted by Crippen LogP contribution is -2.33. The Hall–Kier alpha value is -5.45. The highest BCUT2D eigenvalue weighted by Gasteiger charge is 2.49. The summed E-state index contributed by atoms with van der Waals surface area (Å²) in [5, 5.41) is 13.6. The number of anilines is 2. The van der Waals surface area contributed by atoms with Crippen molar-refractivity contribution in [3.8, 4) is 0 Å². The number of esters is 1. The van der Waals surface area contributed by atoms with Crippen LogP contribution in [0.2, 0.25) is 0 Å². The fourth-order valence-corrected chi connectivity index (χ4v) is 5.15. The molecule has 11 heteroatoms. The zero-order valence-corrected chi connectivity index (χ0v) is 22.4. The predicted molar refractivity (Wildman–Crippen MR) is 151 cm³/mol. The number of rotatable bonds is 8. The molecule has 3 amide bonds. The number of fused-ring (bicyclic) bond motifs is 1. The molecule has 1 N–H and O–H groups in total. The molecule has 0 aromatic heterocycles. The lowest BCUT2D eigenvalue weighted by Gasteiger charge is -2.19. The van der Waals surface area contributed by atoms with Crippen LogP contribution < -0.4 is 10.2 Å². The molecule has 1 aliphatic heterocycles. The third-order valence-corrected chi connectivity index (χ3v) is 7.28. The van der Waals surface area contributed by atoms with E-state index in [0.717, 1.165) is 16.5 Å². The molecule has 42 heavy (non-hydrogen) atoms. The Morgan fingerprint density at radius 2 is 1.67 bits per heavy atom. The van der Waals surface area contributed by atoms with E-state index in [0.29, 0.717) is 12.8 Å². The Morgan fingerprint density at radius 1 is 0.952 bits per heavy atom. The van der Waals surface area contributed by atoms with Crippen molar-refractivity contribution in [2.75, 3.05) is 16.8 Å². The number of allylic oxidation sites excluding steroid dienone is 2. The van der Waals surface area contributed by atoms with Crippen LogP contribution in [0.25, 0.3) is 0 Å². The number of nitrogens with zero attached hydrogens (tertiary/aromatic N) is 2. The second-order valence-electron chi connectivity index (χ2n) is 10.1. The standard InChI is InChI=1S/C31H25N3O8/c1-18-12-13-23-25(14-18)30(38)33(29(23)37)26-11-3-2-10-24(26)28(36)32-21-8-4-7-20(15-21)31(39)42-17-27(35)19-6-5-9-22(16-19)34(40)41/h2-12,15-16,23,25H,13-14,17H2,1H3,(H,32,36)/t23-,25-/m1/s1. The zero-order chi connectivity index (χ0) is 30.0. The van der Waals surface area contributed by atoms with Crippen molar-refractivity contribution < 1.29 is 33.6 Å². The van der Waals surface area contributed by atoms with Gasteiger partial charge in [0, 0.05) is 23.4 Å². The van der Waals surface area contributed by atoms with E-state index in [1.54, 1.807) is 24.3 Å². The van der Waals surface area contributed by atoms with Gasteiger partial charge in [0.1, 0.15) is 0 Å². The van der Waals surface area contributed by atoms with Gasteiger partial charge in [-0.2, -0.15) is 0 Å². The summed E-state index contributed by atoms with van der Waals surface area (Å²) in [6, 6.07) is 17.2. The molecule has 0 bridgehead atoms. The number of hydrogen-bond donors (Lipinski definition) is 1. The van der Waals surface area contributed by atoms with Gasteiger partial charge in [-0.05, 0) is 50.1 Å². The first-order chi connectivity index (χ1) is 20.1. The van der Waals surface area contributed by atoms with Crippen molar-refractivity contribution in [2.24, 2.45) is 11.8 Å². The average Bonchev–Trinajstić information content (AvgIpc) is 3.24. The second kappa shape index (κ2) is 11.6. The van der Waals surface area contributed by atoms with Crippen LogP contribution in [0.4, 0.5) is 17.1 Å². The minimum absolute atomic E-state index is 0.0253. The number of Topliss-reactive ketones (excluding diaryl/α,β-unsaturated/α-hetero) is 1. The fourth-order valence-electron chi connectivity index (χ4n) is 5.15. The third kappa shape index (κ3) is 5.57. The summed E-state index contributed by atoms with van der Waals surface area (Å²) >= 11 is 0. The van der Waals surface area contributed by atoms with Crippen molar-refractivity contribution in [3.05, 3.63) is 111 Å². The quantitative estimate of drug-likeness (QED) is 0.102. The number of nitro benzene ring substituents is 1.